The number of carbonyl (C=O) groups is 2. The molecule has 0 aliphatic rings. The molecule has 0 radical (unpaired) electrons. The van der Waals surface area contributed by atoms with Crippen molar-refractivity contribution in [3.63, 3.8) is 0 Å². The van der Waals surface area contributed by atoms with Crippen molar-refractivity contribution in [3.05, 3.63) is 135 Å². The Balaban J connectivity index is 1.56. The van der Waals surface area contributed by atoms with Crippen molar-refractivity contribution in [2.24, 2.45) is 0 Å². The van der Waals surface area contributed by atoms with Crippen LogP contribution in [0.4, 0.5) is 10.5 Å². The van der Waals surface area contributed by atoms with Crippen LogP contribution < -0.4 is 10.9 Å². The quantitative estimate of drug-likeness (QED) is 0.187. The maximum absolute atomic E-state index is 14.0. The number of anilines is 1. The fourth-order valence-electron chi connectivity index (χ4n) is 5.15. The van der Waals surface area contributed by atoms with Crippen LogP contribution in [-0.2, 0) is 11.2 Å². The van der Waals surface area contributed by atoms with Crippen LogP contribution in [0.5, 0.6) is 0 Å². The van der Waals surface area contributed by atoms with E-state index in [0.29, 0.717) is 46.6 Å². The molecule has 1 N–H and O–H groups in total. The topological polar surface area (TPSA) is 93.5 Å². The predicted molar refractivity (Wildman–Crippen MR) is 173 cm³/mol. The summed E-state index contributed by atoms with van der Waals surface area (Å²) in [4.78, 5) is 46.8. The maximum Gasteiger partial charge on any atom is 0.338 e. The van der Waals surface area contributed by atoms with E-state index in [1.807, 2.05) is 87.5 Å². The number of amides is 2. The van der Waals surface area contributed by atoms with Gasteiger partial charge in [0.05, 0.1) is 34.8 Å². The highest BCUT2D eigenvalue weighted by atomic mass is 16.5. The molecule has 5 rings (SSSR count). The van der Waals surface area contributed by atoms with E-state index in [1.54, 1.807) is 46.7 Å². The molecule has 8 nitrogen and oxygen atoms in total. The van der Waals surface area contributed by atoms with E-state index in [4.69, 9.17) is 9.72 Å². The van der Waals surface area contributed by atoms with Gasteiger partial charge in [0.25, 0.3) is 5.56 Å². The molecule has 0 aliphatic carbocycles. The average molecular weight is 589 g/mol. The summed E-state index contributed by atoms with van der Waals surface area (Å²) in [6, 6.07) is 28.7. The highest BCUT2D eigenvalue weighted by Crippen LogP contribution is 2.25. The normalized spacial score (nSPS) is 11.6. The number of nitrogens with zero attached hydrogens (tertiary/aromatic N) is 3. The van der Waals surface area contributed by atoms with Crippen molar-refractivity contribution in [1.82, 2.24) is 14.5 Å². The Labute approximate surface area is 256 Å². The van der Waals surface area contributed by atoms with E-state index in [0.717, 1.165) is 16.7 Å². The first-order valence-corrected chi connectivity index (χ1v) is 14.7. The van der Waals surface area contributed by atoms with Gasteiger partial charge in [0.1, 0.15) is 5.82 Å². The molecule has 44 heavy (non-hydrogen) atoms. The van der Waals surface area contributed by atoms with E-state index < -0.39 is 12.0 Å². The predicted octanol–water partition coefficient (Wildman–Crippen LogP) is 7.02. The molecular formula is C36H36N4O4. The van der Waals surface area contributed by atoms with Gasteiger partial charge in [-0.2, -0.15) is 0 Å². The molecule has 1 unspecified atom stereocenters. The van der Waals surface area contributed by atoms with Crippen molar-refractivity contribution in [2.45, 2.75) is 40.2 Å². The van der Waals surface area contributed by atoms with Gasteiger partial charge in [-0.15, -0.1) is 0 Å². The summed E-state index contributed by atoms with van der Waals surface area (Å²) in [5.41, 5.74) is 5.23. The molecule has 0 fully saturated rings. The van der Waals surface area contributed by atoms with Crippen molar-refractivity contribution >= 4 is 28.6 Å². The van der Waals surface area contributed by atoms with Crippen molar-refractivity contribution < 1.29 is 14.3 Å². The van der Waals surface area contributed by atoms with Crippen LogP contribution >= 0.6 is 0 Å². The number of urea groups is 1. The number of aromatic nitrogens is 2. The third-order valence-electron chi connectivity index (χ3n) is 7.78. The summed E-state index contributed by atoms with van der Waals surface area (Å²) >= 11 is 0. The number of nitrogens with one attached hydrogen (secondary N) is 1. The minimum Gasteiger partial charge on any atom is -0.462 e. The Hall–Kier alpha value is -5.24. The van der Waals surface area contributed by atoms with E-state index in [2.05, 4.69) is 5.32 Å². The molecule has 0 bridgehead atoms. The second-order valence-corrected chi connectivity index (χ2v) is 10.7. The van der Waals surface area contributed by atoms with Gasteiger partial charge in [0.2, 0.25) is 0 Å². The SMILES string of the molecule is CCOC(=O)c1ccc(NC(=O)N(CCc2ccccc2)C(C)c2nc3ccccc3c(=O)n2-c2ccc(C)c(C)c2)cc1. The highest BCUT2D eigenvalue weighted by molar-refractivity contribution is 5.92. The van der Waals surface area contributed by atoms with E-state index >= 15 is 0 Å². The van der Waals surface area contributed by atoms with Gasteiger partial charge < -0.3 is 15.0 Å². The lowest BCUT2D eigenvalue weighted by Crippen LogP contribution is -2.41. The molecule has 0 saturated heterocycles. The summed E-state index contributed by atoms with van der Waals surface area (Å²) < 4.78 is 6.70. The number of hydrogen-bond donors (Lipinski definition) is 1. The zero-order chi connectivity index (χ0) is 31.2. The zero-order valence-corrected chi connectivity index (χ0v) is 25.4. The number of fused-ring (bicyclic) bond motifs is 1. The van der Waals surface area contributed by atoms with Crippen molar-refractivity contribution in [2.75, 3.05) is 18.5 Å². The standard InChI is InChI=1S/C36H36N4O4/c1-5-44-35(42)28-16-18-29(19-17-28)37-36(43)39(22-21-27-11-7-6-8-12-27)26(4)33-38-32-14-10-9-13-31(32)34(41)40(33)30-20-15-24(2)25(3)23-30/h6-20,23,26H,5,21-22H2,1-4H3,(H,37,43). The van der Waals surface area contributed by atoms with Crippen LogP contribution in [0.15, 0.2) is 102 Å². The summed E-state index contributed by atoms with van der Waals surface area (Å²) in [6.07, 6.45) is 0.599. The lowest BCUT2D eigenvalue weighted by Gasteiger charge is -2.31. The van der Waals surface area contributed by atoms with Gasteiger partial charge in [0.15, 0.2) is 0 Å². The molecule has 4 aromatic carbocycles. The van der Waals surface area contributed by atoms with Crippen molar-refractivity contribution in [3.8, 4) is 5.69 Å². The first-order valence-electron chi connectivity index (χ1n) is 14.7. The van der Waals surface area contributed by atoms with Crippen LogP contribution in [0.1, 0.15) is 52.8 Å². The van der Waals surface area contributed by atoms with Gasteiger partial charge in [-0.3, -0.25) is 9.36 Å². The molecule has 8 heteroatoms. The van der Waals surface area contributed by atoms with E-state index in [1.165, 1.54) is 0 Å². The molecule has 1 aromatic heterocycles. The molecule has 5 aromatic rings. The first kappa shape index (κ1) is 30.2. The molecule has 0 saturated carbocycles. The first-order chi connectivity index (χ1) is 21.3. The Morgan fingerprint density at radius 3 is 2.32 bits per heavy atom. The number of ether oxygens (including phenoxy) is 1. The summed E-state index contributed by atoms with van der Waals surface area (Å²) in [7, 11) is 0. The largest absolute Gasteiger partial charge is 0.462 e. The number of aryl methyl sites for hydroxylation is 2. The van der Waals surface area contributed by atoms with Gasteiger partial charge in [-0.1, -0.05) is 48.5 Å². The number of benzene rings is 4. The Morgan fingerprint density at radius 2 is 1.61 bits per heavy atom. The molecule has 2 amide bonds. The summed E-state index contributed by atoms with van der Waals surface area (Å²) in [6.45, 7) is 8.33. The lowest BCUT2D eigenvalue weighted by atomic mass is 10.1. The average Bonchev–Trinajstić information content (AvgIpc) is 3.03. The highest BCUT2D eigenvalue weighted by Gasteiger charge is 2.27. The monoisotopic (exact) mass is 588 g/mol. The van der Waals surface area contributed by atoms with E-state index in [-0.39, 0.29) is 18.2 Å². The Morgan fingerprint density at radius 1 is 0.909 bits per heavy atom. The minimum atomic E-state index is -0.587. The molecule has 1 heterocycles. The third-order valence-corrected chi connectivity index (χ3v) is 7.78. The smallest absolute Gasteiger partial charge is 0.338 e. The summed E-state index contributed by atoms with van der Waals surface area (Å²) in [5, 5.41) is 3.48. The maximum atomic E-state index is 14.0. The second kappa shape index (κ2) is 13.4. The van der Waals surface area contributed by atoms with Crippen LogP contribution in [0.2, 0.25) is 0 Å². The second-order valence-electron chi connectivity index (χ2n) is 10.7. The van der Waals surface area contributed by atoms with Crippen LogP contribution in [0, 0.1) is 13.8 Å². The zero-order valence-electron chi connectivity index (χ0n) is 25.4. The van der Waals surface area contributed by atoms with Crippen LogP contribution in [0.25, 0.3) is 16.6 Å². The number of esters is 1. The lowest BCUT2D eigenvalue weighted by molar-refractivity contribution is 0.0526. The third kappa shape index (κ3) is 6.54. The molecular weight excluding hydrogens is 552 g/mol. The van der Waals surface area contributed by atoms with Gasteiger partial charge in [-0.25, -0.2) is 14.6 Å². The number of hydrogen-bond acceptors (Lipinski definition) is 5. The molecule has 0 aliphatic heterocycles. The molecule has 1 atom stereocenters. The summed E-state index contributed by atoms with van der Waals surface area (Å²) in [5.74, 6) is 0.0352. The fourth-order valence-corrected chi connectivity index (χ4v) is 5.15. The van der Waals surface area contributed by atoms with Crippen LogP contribution in [0.3, 0.4) is 0 Å². The van der Waals surface area contributed by atoms with Gasteiger partial charge in [0, 0.05) is 12.2 Å². The molecule has 224 valence electrons. The van der Waals surface area contributed by atoms with Crippen LogP contribution in [-0.4, -0.2) is 39.6 Å². The Bertz CT molecular complexity index is 1850. The van der Waals surface area contributed by atoms with E-state index in [9.17, 15) is 14.4 Å². The minimum absolute atomic E-state index is 0.196. The van der Waals surface area contributed by atoms with Gasteiger partial charge >= 0.3 is 12.0 Å². The number of carbonyl (C=O) groups excluding carboxylic acids is 2. The van der Waals surface area contributed by atoms with Gasteiger partial charge in [-0.05, 0) is 99.3 Å². The fraction of sp³-hybridized carbons (Fsp3) is 0.222. The number of para-hydroxylation sites is 1. The number of rotatable bonds is 9. The molecule has 0 spiro atoms. The van der Waals surface area contributed by atoms with Crippen molar-refractivity contribution in [1.29, 1.82) is 0 Å². The Kier molecular flexibility index (Phi) is 9.19.